The van der Waals surface area contributed by atoms with E-state index in [1.165, 1.54) is 44.3 Å². The fourth-order valence-electron chi connectivity index (χ4n) is 5.37. The van der Waals surface area contributed by atoms with Gasteiger partial charge < -0.3 is 27.4 Å². The van der Waals surface area contributed by atoms with Gasteiger partial charge in [-0.3, -0.25) is 0 Å². The first-order valence-corrected chi connectivity index (χ1v) is 12.7. The number of rotatable bonds is 7. The predicted octanol–water partition coefficient (Wildman–Crippen LogP) is 4.69. The maximum atomic E-state index is 11.3. The quantitative estimate of drug-likeness (QED) is 0.334. The van der Waals surface area contributed by atoms with E-state index in [1.807, 2.05) is 0 Å². The normalized spacial score (nSPS) is 11.8. The Morgan fingerprint density at radius 2 is 1.35 bits per heavy atom. The zero-order valence-corrected chi connectivity index (χ0v) is 22.7. The minimum atomic E-state index is -0.562. The molecular weight excluding hydrogens is 476 g/mol. The van der Waals surface area contributed by atoms with Gasteiger partial charge in [0.15, 0.2) is 0 Å². The molecule has 0 saturated heterocycles. The topological polar surface area (TPSA) is 37.2 Å². The Bertz CT molecular complexity index is 1510. The van der Waals surface area contributed by atoms with Crippen LogP contribution in [0, 0.1) is 27.7 Å². The summed E-state index contributed by atoms with van der Waals surface area (Å²) in [4.78, 5) is 0. The van der Waals surface area contributed by atoms with Gasteiger partial charge in [0, 0.05) is 23.2 Å². The number of aliphatic hydroxyl groups excluding tert-OH is 1. The molecule has 0 radical (unpaired) electrons. The molecule has 0 amide bonds. The van der Waals surface area contributed by atoms with Gasteiger partial charge in [0.2, 0.25) is 0 Å². The molecule has 2 N–H and O–H groups in total. The van der Waals surface area contributed by atoms with Crippen LogP contribution in [0.1, 0.15) is 22.3 Å². The predicted molar refractivity (Wildman–Crippen MR) is 153 cm³/mol. The maximum absolute atomic E-state index is 11.3. The van der Waals surface area contributed by atoms with Crippen molar-refractivity contribution in [1.29, 1.82) is 0 Å². The van der Waals surface area contributed by atoms with E-state index in [4.69, 9.17) is 0 Å². The lowest BCUT2D eigenvalue weighted by Gasteiger charge is -2.19. The van der Waals surface area contributed by atoms with Gasteiger partial charge >= 0.3 is 0 Å². The van der Waals surface area contributed by atoms with Gasteiger partial charge in [0.05, 0.1) is 23.9 Å². The molecule has 1 aromatic heterocycles. The van der Waals surface area contributed by atoms with Crippen molar-refractivity contribution in [2.24, 2.45) is 0 Å². The molecule has 0 aliphatic heterocycles. The van der Waals surface area contributed by atoms with Crippen LogP contribution in [0.2, 0.25) is 0 Å². The fraction of sp³-hybridized carbons (Fsp3) is 0.212. The van der Waals surface area contributed by atoms with Crippen molar-refractivity contribution in [2.45, 2.75) is 40.3 Å². The van der Waals surface area contributed by atoms with Crippen LogP contribution >= 0.6 is 0 Å². The number of nitrogens with zero attached hydrogens (tertiary/aromatic N) is 1. The second kappa shape index (κ2) is 11.2. The highest BCUT2D eigenvalue weighted by Crippen LogP contribution is 2.42. The summed E-state index contributed by atoms with van der Waals surface area (Å²) < 4.78 is 2.33. The highest BCUT2D eigenvalue weighted by atomic mass is 35.5. The van der Waals surface area contributed by atoms with Crippen molar-refractivity contribution in [3.05, 3.63) is 113 Å². The van der Waals surface area contributed by atoms with Gasteiger partial charge in [0.25, 0.3) is 0 Å². The molecule has 3 nitrogen and oxygen atoms in total. The molecule has 4 aromatic carbocycles. The second-order valence-electron chi connectivity index (χ2n) is 9.90. The lowest BCUT2D eigenvalue weighted by atomic mass is 9.97. The average Bonchev–Trinajstić information content (AvgIpc) is 3.18. The van der Waals surface area contributed by atoms with Crippen molar-refractivity contribution in [2.75, 3.05) is 11.9 Å². The zero-order chi connectivity index (χ0) is 25.2. The molecule has 5 aromatic rings. The van der Waals surface area contributed by atoms with E-state index in [-0.39, 0.29) is 12.4 Å². The molecule has 37 heavy (non-hydrogen) atoms. The van der Waals surface area contributed by atoms with Crippen LogP contribution in [0.4, 0.5) is 5.69 Å². The molecule has 0 bridgehead atoms. The molecule has 4 heteroatoms. The summed E-state index contributed by atoms with van der Waals surface area (Å²) in [5.74, 6) is 0. The number of aliphatic hydroxyl groups is 1. The first kappa shape index (κ1) is 26.5. The van der Waals surface area contributed by atoms with Crippen LogP contribution in [0.3, 0.4) is 0 Å². The van der Waals surface area contributed by atoms with Gasteiger partial charge in [-0.05, 0) is 62.1 Å². The van der Waals surface area contributed by atoms with Crippen molar-refractivity contribution in [3.63, 3.8) is 0 Å². The first-order valence-electron chi connectivity index (χ1n) is 12.7. The molecule has 0 aliphatic rings. The molecule has 0 aliphatic carbocycles. The Hall–Kier alpha value is -3.53. The maximum Gasteiger partial charge on any atom is 0.0891 e. The van der Waals surface area contributed by atoms with Crippen LogP contribution in [-0.4, -0.2) is 22.3 Å². The highest BCUT2D eigenvalue weighted by Gasteiger charge is 2.23. The summed E-state index contributed by atoms with van der Waals surface area (Å²) in [7, 11) is 0. The van der Waals surface area contributed by atoms with Gasteiger partial charge in [-0.15, -0.1) is 0 Å². The molecule has 0 saturated carbocycles. The molecule has 190 valence electrons. The number of anilines is 1. The second-order valence-corrected chi connectivity index (χ2v) is 9.90. The van der Waals surface area contributed by atoms with Crippen LogP contribution in [0.15, 0.2) is 91.0 Å². The van der Waals surface area contributed by atoms with Gasteiger partial charge in [0.1, 0.15) is 0 Å². The number of fused-ring (bicyclic) bond motifs is 1. The summed E-state index contributed by atoms with van der Waals surface area (Å²) in [5.41, 5.74) is 11.9. The number of hydrogen-bond donors (Lipinski definition) is 2. The molecule has 1 atom stereocenters. The van der Waals surface area contributed by atoms with E-state index in [9.17, 15) is 5.11 Å². The Morgan fingerprint density at radius 1 is 0.730 bits per heavy atom. The third-order valence-electron chi connectivity index (χ3n) is 6.90. The highest BCUT2D eigenvalue weighted by molar-refractivity contribution is 6.06. The van der Waals surface area contributed by atoms with Crippen LogP contribution in [0.25, 0.3) is 33.3 Å². The average molecular weight is 510 g/mol. The number of nitrogens with one attached hydrogen (secondary N) is 1. The van der Waals surface area contributed by atoms with E-state index < -0.39 is 6.10 Å². The Kier molecular flexibility index (Phi) is 8.06. The summed E-state index contributed by atoms with van der Waals surface area (Å²) >= 11 is 0. The Labute approximate surface area is 226 Å². The summed E-state index contributed by atoms with van der Waals surface area (Å²) in [5, 5.41) is 16.0. The van der Waals surface area contributed by atoms with Crippen LogP contribution in [0.5, 0.6) is 0 Å². The molecular formula is C33H34ClN2O-. The van der Waals surface area contributed by atoms with E-state index in [0.29, 0.717) is 13.1 Å². The van der Waals surface area contributed by atoms with Crippen molar-refractivity contribution in [3.8, 4) is 22.4 Å². The molecule has 5 rings (SSSR count). The zero-order valence-electron chi connectivity index (χ0n) is 21.9. The smallest absolute Gasteiger partial charge is 0.0891 e. The standard InChI is InChI=1S/C33H34N2O.ClH/c1-22-15-16-30(24(3)17-22)34-20-28(36)21-35-32-25(4)18-23(2)19-29(32)31(26-11-7-5-8-12-26)33(35)27-13-9-6-10-14-27;/h5-19,28,34,36H,20-21H2,1-4H3;1H/p-1. The van der Waals surface area contributed by atoms with Gasteiger partial charge in [-0.1, -0.05) is 90.0 Å². The molecule has 0 fully saturated rings. The van der Waals surface area contributed by atoms with E-state index in [2.05, 4.69) is 129 Å². The summed E-state index contributed by atoms with van der Waals surface area (Å²) in [6, 6.07) is 32.1. The van der Waals surface area contributed by atoms with Gasteiger partial charge in [-0.25, -0.2) is 0 Å². The van der Waals surface area contributed by atoms with E-state index in [0.717, 1.165) is 16.9 Å². The fourth-order valence-corrected chi connectivity index (χ4v) is 5.37. The minimum Gasteiger partial charge on any atom is -1.00 e. The van der Waals surface area contributed by atoms with E-state index >= 15 is 0 Å². The van der Waals surface area contributed by atoms with Crippen molar-refractivity contribution in [1.82, 2.24) is 4.57 Å². The van der Waals surface area contributed by atoms with Crippen molar-refractivity contribution < 1.29 is 17.5 Å². The third kappa shape index (κ3) is 5.44. The lowest BCUT2D eigenvalue weighted by molar-refractivity contribution is -0.00000938. The number of halogens is 1. The lowest BCUT2D eigenvalue weighted by Crippen LogP contribution is -3.00. The monoisotopic (exact) mass is 509 g/mol. The number of aromatic nitrogens is 1. The van der Waals surface area contributed by atoms with E-state index in [1.54, 1.807) is 0 Å². The number of benzene rings is 4. The Morgan fingerprint density at radius 3 is 2.00 bits per heavy atom. The van der Waals surface area contributed by atoms with Gasteiger partial charge in [-0.2, -0.15) is 0 Å². The molecule has 1 unspecified atom stereocenters. The number of aryl methyl sites for hydroxylation is 4. The summed E-state index contributed by atoms with van der Waals surface area (Å²) in [6.07, 6.45) is -0.562. The van der Waals surface area contributed by atoms with Crippen molar-refractivity contribution >= 4 is 16.6 Å². The first-order chi connectivity index (χ1) is 17.4. The minimum absolute atomic E-state index is 0. The van der Waals surface area contributed by atoms with Crippen LogP contribution in [-0.2, 0) is 6.54 Å². The SMILES string of the molecule is Cc1ccc(NCC(O)Cn2c(-c3ccccc3)c(-c3ccccc3)c3cc(C)cc(C)c32)c(C)c1.[Cl-]. The summed E-state index contributed by atoms with van der Waals surface area (Å²) in [6.45, 7) is 9.51. The third-order valence-corrected chi connectivity index (χ3v) is 6.90. The molecule has 0 spiro atoms. The largest absolute Gasteiger partial charge is 1.00 e. The number of hydrogen-bond acceptors (Lipinski definition) is 2. The van der Waals surface area contributed by atoms with Crippen LogP contribution < -0.4 is 17.7 Å². The molecule has 1 heterocycles. The Balaban J connectivity index is 0.00000320.